The summed E-state index contributed by atoms with van der Waals surface area (Å²) in [5.74, 6) is 0.174. The van der Waals surface area contributed by atoms with E-state index >= 15 is 0 Å². The summed E-state index contributed by atoms with van der Waals surface area (Å²) in [6.07, 6.45) is 2.96. The molecule has 20 heavy (non-hydrogen) atoms. The van der Waals surface area contributed by atoms with Gasteiger partial charge in [-0.3, -0.25) is 9.71 Å². The van der Waals surface area contributed by atoms with Crippen molar-refractivity contribution in [2.75, 3.05) is 11.8 Å². The summed E-state index contributed by atoms with van der Waals surface area (Å²) in [4.78, 5) is 3.84. The second-order valence-corrected chi connectivity index (χ2v) is 5.64. The summed E-state index contributed by atoms with van der Waals surface area (Å²) in [5.41, 5.74) is 0.933. The minimum atomic E-state index is -3.78. The SMILES string of the molecule is COc1cc(CO)ccc1S(=O)(=O)Nc1cccnc1. The van der Waals surface area contributed by atoms with E-state index in [2.05, 4.69) is 9.71 Å². The van der Waals surface area contributed by atoms with Crippen LogP contribution in [-0.2, 0) is 16.6 Å². The van der Waals surface area contributed by atoms with Crippen LogP contribution in [-0.4, -0.2) is 25.6 Å². The highest BCUT2D eigenvalue weighted by Gasteiger charge is 2.19. The average Bonchev–Trinajstić information content (AvgIpc) is 2.47. The Balaban J connectivity index is 2.39. The first kappa shape index (κ1) is 14.3. The monoisotopic (exact) mass is 294 g/mol. The summed E-state index contributed by atoms with van der Waals surface area (Å²) in [6.45, 7) is -0.188. The molecule has 0 fully saturated rings. The van der Waals surface area contributed by atoms with Crippen molar-refractivity contribution >= 4 is 15.7 Å². The second-order valence-electron chi connectivity index (χ2n) is 3.99. The van der Waals surface area contributed by atoms with Gasteiger partial charge in [0.05, 0.1) is 25.6 Å². The lowest BCUT2D eigenvalue weighted by Crippen LogP contribution is -2.14. The van der Waals surface area contributed by atoms with Gasteiger partial charge in [0.1, 0.15) is 10.6 Å². The van der Waals surface area contributed by atoms with E-state index in [1.54, 1.807) is 18.3 Å². The first-order chi connectivity index (χ1) is 9.56. The van der Waals surface area contributed by atoms with Crippen LogP contribution in [0.1, 0.15) is 5.56 Å². The number of hydrogen-bond donors (Lipinski definition) is 2. The van der Waals surface area contributed by atoms with E-state index in [9.17, 15) is 8.42 Å². The fraction of sp³-hybridized carbons (Fsp3) is 0.154. The number of benzene rings is 1. The third-order valence-electron chi connectivity index (χ3n) is 2.61. The Morgan fingerprint density at radius 3 is 2.75 bits per heavy atom. The molecule has 0 aliphatic carbocycles. The zero-order chi connectivity index (χ0) is 14.6. The number of methoxy groups -OCH3 is 1. The number of aliphatic hydroxyl groups excluding tert-OH is 1. The highest BCUT2D eigenvalue weighted by molar-refractivity contribution is 7.92. The van der Waals surface area contributed by atoms with Gasteiger partial charge in [-0.1, -0.05) is 6.07 Å². The van der Waals surface area contributed by atoms with Gasteiger partial charge in [0.2, 0.25) is 0 Å². The Bertz CT molecular complexity index is 687. The second kappa shape index (κ2) is 5.89. The molecule has 106 valence electrons. The first-order valence-corrected chi connectivity index (χ1v) is 7.26. The Labute approximate surface area is 117 Å². The van der Waals surface area contributed by atoms with Gasteiger partial charge < -0.3 is 9.84 Å². The predicted octanol–water partition coefficient (Wildman–Crippen LogP) is 1.38. The minimum Gasteiger partial charge on any atom is -0.495 e. The molecule has 0 atom stereocenters. The molecule has 0 amide bonds. The number of anilines is 1. The summed E-state index contributed by atoms with van der Waals surface area (Å²) < 4.78 is 32.1. The number of aliphatic hydroxyl groups is 1. The molecule has 1 aromatic heterocycles. The van der Waals surface area contributed by atoms with Crippen molar-refractivity contribution in [3.63, 3.8) is 0 Å². The molecule has 6 nitrogen and oxygen atoms in total. The Hall–Kier alpha value is -2.12. The molecule has 2 N–H and O–H groups in total. The zero-order valence-electron chi connectivity index (χ0n) is 10.8. The normalized spacial score (nSPS) is 11.1. The molecule has 2 aromatic rings. The highest BCUT2D eigenvalue weighted by atomic mass is 32.2. The van der Waals surface area contributed by atoms with Gasteiger partial charge in [-0.2, -0.15) is 0 Å². The van der Waals surface area contributed by atoms with E-state index in [1.807, 2.05) is 0 Å². The summed E-state index contributed by atoms with van der Waals surface area (Å²) in [6, 6.07) is 7.63. The predicted molar refractivity (Wildman–Crippen MR) is 74.0 cm³/mol. The molecule has 0 aliphatic heterocycles. The number of hydrogen-bond acceptors (Lipinski definition) is 5. The average molecular weight is 294 g/mol. The minimum absolute atomic E-state index is 0.000975. The van der Waals surface area contributed by atoms with E-state index in [4.69, 9.17) is 9.84 Å². The van der Waals surface area contributed by atoms with Crippen LogP contribution in [0.2, 0.25) is 0 Å². The molecule has 1 heterocycles. The zero-order valence-corrected chi connectivity index (χ0v) is 11.6. The van der Waals surface area contributed by atoms with Gasteiger partial charge in [-0.25, -0.2) is 8.42 Å². The van der Waals surface area contributed by atoms with Gasteiger partial charge in [0.25, 0.3) is 10.0 Å². The van der Waals surface area contributed by atoms with Crippen LogP contribution < -0.4 is 9.46 Å². The molecule has 0 bridgehead atoms. The maximum Gasteiger partial charge on any atom is 0.265 e. The van der Waals surface area contributed by atoms with E-state index in [0.717, 1.165) is 0 Å². The van der Waals surface area contributed by atoms with E-state index in [-0.39, 0.29) is 17.3 Å². The highest BCUT2D eigenvalue weighted by Crippen LogP contribution is 2.26. The van der Waals surface area contributed by atoms with Crippen LogP contribution in [0.15, 0.2) is 47.6 Å². The van der Waals surface area contributed by atoms with Crippen LogP contribution in [0.4, 0.5) is 5.69 Å². The van der Waals surface area contributed by atoms with Crippen LogP contribution in [0, 0.1) is 0 Å². The van der Waals surface area contributed by atoms with Gasteiger partial charge in [0, 0.05) is 6.20 Å². The molecule has 7 heteroatoms. The molecule has 0 saturated carbocycles. The maximum absolute atomic E-state index is 12.3. The van der Waals surface area contributed by atoms with Crippen LogP contribution >= 0.6 is 0 Å². The van der Waals surface area contributed by atoms with Gasteiger partial charge in [-0.15, -0.1) is 0 Å². The topological polar surface area (TPSA) is 88.5 Å². The lowest BCUT2D eigenvalue weighted by atomic mass is 10.2. The van der Waals surface area contributed by atoms with Crippen LogP contribution in [0.5, 0.6) is 5.75 Å². The van der Waals surface area contributed by atoms with Crippen molar-refractivity contribution in [2.24, 2.45) is 0 Å². The number of rotatable bonds is 5. The molecule has 0 saturated heterocycles. The van der Waals surface area contributed by atoms with Crippen molar-refractivity contribution in [3.8, 4) is 5.75 Å². The number of sulfonamides is 1. The molecule has 2 rings (SSSR count). The standard InChI is InChI=1S/C13H14N2O4S/c1-19-12-7-10(9-16)4-5-13(12)20(17,18)15-11-3-2-6-14-8-11/h2-8,15-16H,9H2,1H3. The smallest absolute Gasteiger partial charge is 0.265 e. The lowest BCUT2D eigenvalue weighted by molar-refractivity contribution is 0.280. The van der Waals surface area contributed by atoms with Crippen LogP contribution in [0.3, 0.4) is 0 Å². The molecular weight excluding hydrogens is 280 g/mol. The fourth-order valence-electron chi connectivity index (χ4n) is 1.67. The summed E-state index contributed by atoms with van der Waals surface area (Å²) >= 11 is 0. The largest absolute Gasteiger partial charge is 0.495 e. The quantitative estimate of drug-likeness (QED) is 0.869. The van der Waals surface area contributed by atoms with Crippen molar-refractivity contribution in [1.82, 2.24) is 4.98 Å². The molecule has 1 aromatic carbocycles. The Kier molecular flexibility index (Phi) is 4.21. The van der Waals surface area contributed by atoms with Gasteiger partial charge in [-0.05, 0) is 29.8 Å². The molecule has 0 radical (unpaired) electrons. The number of pyridine rings is 1. The Morgan fingerprint density at radius 2 is 2.15 bits per heavy atom. The molecule has 0 spiro atoms. The summed E-state index contributed by atoms with van der Waals surface area (Å²) in [5, 5.41) is 9.06. The molecule has 0 aliphatic rings. The first-order valence-electron chi connectivity index (χ1n) is 5.77. The summed E-state index contributed by atoms with van der Waals surface area (Å²) in [7, 11) is -2.40. The van der Waals surface area contributed by atoms with Crippen molar-refractivity contribution in [2.45, 2.75) is 11.5 Å². The number of aromatic nitrogens is 1. The molecular formula is C13H14N2O4S. The molecule has 0 unspecified atom stereocenters. The van der Waals surface area contributed by atoms with Crippen molar-refractivity contribution in [1.29, 1.82) is 0 Å². The Morgan fingerprint density at radius 1 is 1.35 bits per heavy atom. The lowest BCUT2D eigenvalue weighted by Gasteiger charge is -2.12. The maximum atomic E-state index is 12.3. The van der Waals surface area contributed by atoms with Crippen molar-refractivity contribution < 1.29 is 18.3 Å². The van der Waals surface area contributed by atoms with Gasteiger partial charge >= 0.3 is 0 Å². The van der Waals surface area contributed by atoms with E-state index < -0.39 is 10.0 Å². The number of nitrogens with one attached hydrogen (secondary N) is 1. The van der Waals surface area contributed by atoms with Crippen molar-refractivity contribution in [3.05, 3.63) is 48.3 Å². The number of ether oxygens (including phenoxy) is 1. The van der Waals surface area contributed by atoms with E-state index in [0.29, 0.717) is 11.3 Å². The third kappa shape index (κ3) is 3.06. The van der Waals surface area contributed by atoms with Crippen LogP contribution in [0.25, 0.3) is 0 Å². The van der Waals surface area contributed by atoms with E-state index in [1.165, 1.54) is 31.5 Å². The third-order valence-corrected chi connectivity index (χ3v) is 4.03. The number of nitrogens with zero attached hydrogens (tertiary/aromatic N) is 1. The fourth-order valence-corrected chi connectivity index (χ4v) is 2.86. The van der Waals surface area contributed by atoms with Gasteiger partial charge in [0.15, 0.2) is 0 Å².